The van der Waals surface area contributed by atoms with E-state index in [2.05, 4.69) is 283 Å². The van der Waals surface area contributed by atoms with Gasteiger partial charge in [-0.05, 0) is 226 Å². The summed E-state index contributed by atoms with van der Waals surface area (Å²) < 4.78 is 0. The van der Waals surface area contributed by atoms with E-state index in [1.807, 2.05) is 146 Å². The first kappa shape index (κ1) is 70.0. The first-order valence-electron chi connectivity index (χ1n) is 37.6. The monoisotopic (exact) mass is 1580 g/mol. The maximum Gasteiger partial charge on any atom is 3.00 e. The molecular formula is C105H80IrN3. The van der Waals surface area contributed by atoms with Crippen molar-refractivity contribution in [3.8, 4) is 112 Å². The molecule has 0 bridgehead atoms. The van der Waals surface area contributed by atoms with E-state index in [4.69, 9.17) is 0 Å². The minimum atomic E-state index is -0.124. The molecule has 0 spiro atoms. The third kappa shape index (κ3) is 12.3. The summed E-state index contributed by atoms with van der Waals surface area (Å²) in [7, 11) is 0. The molecule has 0 amide bonds. The molecule has 0 unspecified atom stereocenters. The number of nitrogens with zero attached hydrogens (tertiary/aromatic N) is 3. The van der Waals surface area contributed by atoms with E-state index < -0.39 is 0 Å². The molecule has 0 radical (unpaired) electrons. The van der Waals surface area contributed by atoms with Gasteiger partial charge in [-0.2, -0.15) is 0 Å². The van der Waals surface area contributed by atoms with Crippen molar-refractivity contribution >= 4 is 32.3 Å². The van der Waals surface area contributed by atoms with E-state index >= 15 is 0 Å². The van der Waals surface area contributed by atoms with Crippen LogP contribution >= 0.6 is 0 Å². The minimum Gasteiger partial charge on any atom is -0.304 e. The number of hydrogen-bond donors (Lipinski definition) is 0. The van der Waals surface area contributed by atoms with Gasteiger partial charge < -0.3 is 15.0 Å². The average molecular weight is 1580 g/mol. The molecule has 0 saturated carbocycles. The Morgan fingerprint density at radius 3 is 0.688 bits per heavy atom. The largest absolute Gasteiger partial charge is 3.00 e. The van der Waals surface area contributed by atoms with E-state index in [9.17, 15) is 0 Å². The first-order chi connectivity index (χ1) is 52.6. The van der Waals surface area contributed by atoms with Gasteiger partial charge in [0.15, 0.2) is 0 Å². The summed E-state index contributed by atoms with van der Waals surface area (Å²) in [6, 6.07) is 125. The molecule has 3 nitrogen and oxygen atoms in total. The molecule has 17 aromatic rings. The van der Waals surface area contributed by atoms with E-state index in [1.54, 1.807) is 0 Å². The summed E-state index contributed by atoms with van der Waals surface area (Å²) in [6.45, 7) is 19.1. The van der Waals surface area contributed by atoms with E-state index in [0.29, 0.717) is 0 Å². The molecule has 21 rings (SSSR count). The van der Waals surface area contributed by atoms with Gasteiger partial charge in [0.25, 0.3) is 0 Å². The summed E-state index contributed by atoms with van der Waals surface area (Å²) >= 11 is 0. The number of rotatable bonds is 6. The molecule has 109 heavy (non-hydrogen) atoms. The Kier molecular flexibility index (Phi) is 17.9. The number of aromatic nitrogens is 3. The van der Waals surface area contributed by atoms with Gasteiger partial charge in [-0.3, -0.25) is 0 Å². The Morgan fingerprint density at radius 1 is 0.211 bits per heavy atom. The zero-order chi connectivity index (χ0) is 73.5. The zero-order valence-corrected chi connectivity index (χ0v) is 64.9. The number of benzene rings is 14. The van der Waals surface area contributed by atoms with Crippen molar-refractivity contribution in [3.05, 3.63) is 403 Å². The smallest absolute Gasteiger partial charge is 0.304 e. The summed E-state index contributed by atoms with van der Waals surface area (Å²) in [5.41, 5.74) is 35.8. The predicted molar refractivity (Wildman–Crippen MR) is 451 cm³/mol. The van der Waals surface area contributed by atoms with Crippen LogP contribution in [0.2, 0.25) is 0 Å². The Balaban J connectivity index is 0.000000141. The molecule has 3 aromatic heterocycles. The average Bonchev–Trinajstić information content (AvgIpc) is 1.58. The van der Waals surface area contributed by atoms with Crippen LogP contribution in [-0.4, -0.2) is 15.0 Å². The summed E-state index contributed by atoms with van der Waals surface area (Å²) in [4.78, 5) is 13.3. The van der Waals surface area contributed by atoms with Crippen LogP contribution in [0.3, 0.4) is 0 Å². The van der Waals surface area contributed by atoms with Crippen molar-refractivity contribution in [2.75, 3.05) is 0 Å². The number of fused-ring (bicyclic) bond motifs is 15. The van der Waals surface area contributed by atoms with Gasteiger partial charge in [0.1, 0.15) is 0 Å². The third-order valence-corrected chi connectivity index (χ3v) is 23.4. The van der Waals surface area contributed by atoms with E-state index in [1.165, 1.54) is 155 Å². The molecule has 0 N–H and O–H groups in total. The van der Waals surface area contributed by atoms with Crippen LogP contribution in [-0.2, 0) is 41.8 Å². The molecule has 524 valence electrons. The van der Waals surface area contributed by atoms with Gasteiger partial charge in [-0.25, -0.2) is 0 Å². The fourth-order valence-corrected chi connectivity index (χ4v) is 17.6. The van der Waals surface area contributed by atoms with Gasteiger partial charge in [-0.1, -0.05) is 250 Å². The van der Waals surface area contributed by atoms with Crippen molar-refractivity contribution in [2.45, 2.75) is 77.0 Å². The van der Waals surface area contributed by atoms with Gasteiger partial charge in [0, 0.05) is 40.3 Å². The minimum absolute atomic E-state index is 0. The normalized spacial score (nSPS) is 13.9. The topological polar surface area (TPSA) is 38.7 Å². The summed E-state index contributed by atoms with van der Waals surface area (Å²) in [6.07, 6.45) is 5.54. The number of hydrogen-bond acceptors (Lipinski definition) is 3. The maximum absolute atomic E-state index is 4.45. The van der Waals surface area contributed by atoms with Gasteiger partial charge in [0.05, 0.1) is 0 Å². The summed E-state index contributed by atoms with van der Waals surface area (Å²) in [5, 5.41) is 7.16. The van der Waals surface area contributed by atoms with Crippen LogP contribution < -0.4 is 0 Å². The van der Waals surface area contributed by atoms with E-state index in [-0.39, 0.29) is 41.8 Å². The van der Waals surface area contributed by atoms with Gasteiger partial charge in [-0.15, -0.1) is 108 Å². The molecule has 3 heterocycles. The molecule has 0 aliphatic heterocycles. The first-order valence-corrected chi connectivity index (χ1v) is 37.6. The molecule has 14 aromatic carbocycles. The molecule has 0 saturated heterocycles. The molecule has 4 heteroatoms. The standard InChI is InChI=1S/C60H50.3C15H10N.Ir/c1-57(2)49-15-11-9-13-41(49)43-23-17-35(29-51(43)57)37-19-25-45-47-27-21-39(33-55(47)59(5,6)53(45)31-37)40-22-28-48-46-26-20-38(32-54(46)60(7,8)56(48)34-40)36-18-24-44-42-14-10-12-16-50(42)58(3,4)52(44)30-36;3*1-2-7-13(8-3-1)15-14-9-5-4-6-12(14)10-11-16-15;/h9-34H,1-8H3;3*1-7,9-11H;/q;3*-1;+3. The van der Waals surface area contributed by atoms with Crippen LogP contribution in [0.15, 0.2) is 340 Å². The fraction of sp³-hybridized carbons (Fsp3) is 0.114. The Bertz CT molecular complexity index is 5860. The summed E-state index contributed by atoms with van der Waals surface area (Å²) in [5.74, 6) is 0. The van der Waals surface area contributed by atoms with E-state index in [0.717, 1.165) is 33.8 Å². The van der Waals surface area contributed by atoms with Crippen molar-refractivity contribution in [3.63, 3.8) is 0 Å². The van der Waals surface area contributed by atoms with Crippen molar-refractivity contribution in [1.29, 1.82) is 0 Å². The second-order valence-electron chi connectivity index (χ2n) is 31.1. The molecular weight excluding hydrogens is 1500 g/mol. The van der Waals surface area contributed by atoms with Crippen LogP contribution in [0.1, 0.15) is 99.9 Å². The number of pyridine rings is 3. The second-order valence-corrected chi connectivity index (χ2v) is 31.1. The quantitative estimate of drug-likeness (QED) is 0.156. The second kappa shape index (κ2) is 27.9. The van der Waals surface area contributed by atoms with Crippen molar-refractivity contribution in [2.24, 2.45) is 0 Å². The van der Waals surface area contributed by atoms with Crippen LogP contribution in [0, 0.1) is 18.2 Å². The Labute approximate surface area is 654 Å². The zero-order valence-electron chi connectivity index (χ0n) is 62.5. The van der Waals surface area contributed by atoms with Crippen LogP contribution in [0.4, 0.5) is 0 Å². The third-order valence-electron chi connectivity index (χ3n) is 23.4. The van der Waals surface area contributed by atoms with Crippen molar-refractivity contribution in [1.82, 2.24) is 15.0 Å². The molecule has 4 aliphatic rings. The predicted octanol–water partition coefficient (Wildman–Crippen LogP) is 27.0. The van der Waals surface area contributed by atoms with Crippen LogP contribution in [0.5, 0.6) is 0 Å². The molecule has 0 atom stereocenters. The SMILES string of the molecule is CC1(C)c2ccccc2-c2ccc(-c3ccc4c(c3)C(C)(C)c3cc(-c5ccc6c(c5)C(C)(C)c5cc(-c7ccc8c(c7)C(C)(C)c7ccccc7-8)ccc5-6)ccc3-4)cc21.[Ir+3].[c-]1ccccc1-c1nccc2ccccc12.[c-]1ccccc1-c1nccc2ccccc12.[c-]1ccccc1-c1nccc2ccccc12. The molecule has 0 fully saturated rings. The van der Waals surface area contributed by atoms with Gasteiger partial charge in [0.2, 0.25) is 0 Å². The Hall–Kier alpha value is -12.0. The van der Waals surface area contributed by atoms with Gasteiger partial charge >= 0.3 is 20.1 Å². The maximum atomic E-state index is 4.45. The van der Waals surface area contributed by atoms with Crippen LogP contribution in [0.25, 0.3) is 144 Å². The molecule has 4 aliphatic carbocycles. The Morgan fingerprint density at radius 2 is 0.431 bits per heavy atom. The fourth-order valence-electron chi connectivity index (χ4n) is 17.6. The van der Waals surface area contributed by atoms with Crippen molar-refractivity contribution < 1.29 is 20.1 Å².